The van der Waals surface area contributed by atoms with Crippen molar-refractivity contribution in [1.29, 1.82) is 5.26 Å². The minimum atomic E-state index is -0.00746. The van der Waals surface area contributed by atoms with Crippen LogP contribution in [0, 0.1) is 11.3 Å². The monoisotopic (exact) mass is 231 g/mol. The van der Waals surface area contributed by atoms with Crippen molar-refractivity contribution in [2.45, 2.75) is 19.4 Å². The van der Waals surface area contributed by atoms with E-state index >= 15 is 0 Å². The van der Waals surface area contributed by atoms with Gasteiger partial charge in [0.05, 0.1) is 24.7 Å². The molecule has 1 fully saturated rings. The third kappa shape index (κ3) is 2.53. The number of hydrogen-bond donors (Lipinski definition) is 0. The summed E-state index contributed by atoms with van der Waals surface area (Å²) in [6.45, 7) is 3.05. The standard InChI is InChI=1S/C12H13N3O2/c1-2-12(16)15-7-10(8-15)17-11-5-9(6-13)3-4-14-11/h3-5,10H,2,7-8H2,1H3. The number of likely N-dealkylation sites (tertiary alicyclic amines) is 1. The van der Waals surface area contributed by atoms with Crippen LogP contribution in [0.3, 0.4) is 0 Å². The van der Waals surface area contributed by atoms with E-state index < -0.39 is 0 Å². The average Bonchev–Trinajstić information content (AvgIpc) is 2.32. The molecule has 5 heteroatoms. The van der Waals surface area contributed by atoms with Crippen molar-refractivity contribution in [3.63, 3.8) is 0 Å². The van der Waals surface area contributed by atoms with E-state index in [9.17, 15) is 4.79 Å². The van der Waals surface area contributed by atoms with Crippen molar-refractivity contribution in [2.24, 2.45) is 0 Å². The predicted molar refractivity (Wildman–Crippen MR) is 60.2 cm³/mol. The van der Waals surface area contributed by atoms with Crippen LogP contribution in [0.4, 0.5) is 0 Å². The lowest BCUT2D eigenvalue weighted by atomic mass is 10.1. The van der Waals surface area contributed by atoms with Crippen molar-refractivity contribution in [2.75, 3.05) is 13.1 Å². The largest absolute Gasteiger partial charge is 0.471 e. The van der Waals surface area contributed by atoms with Gasteiger partial charge in [0.15, 0.2) is 0 Å². The van der Waals surface area contributed by atoms with Crippen LogP contribution in [-0.4, -0.2) is 35.0 Å². The fourth-order valence-corrected chi connectivity index (χ4v) is 1.65. The van der Waals surface area contributed by atoms with Crippen LogP contribution in [0.5, 0.6) is 5.88 Å². The van der Waals surface area contributed by atoms with Crippen LogP contribution in [0.1, 0.15) is 18.9 Å². The van der Waals surface area contributed by atoms with Gasteiger partial charge in [0.25, 0.3) is 0 Å². The van der Waals surface area contributed by atoms with Crippen molar-refractivity contribution < 1.29 is 9.53 Å². The van der Waals surface area contributed by atoms with Gasteiger partial charge >= 0.3 is 0 Å². The van der Waals surface area contributed by atoms with E-state index in [0.29, 0.717) is 31.0 Å². The van der Waals surface area contributed by atoms with Gasteiger partial charge in [-0.1, -0.05) is 6.92 Å². The SMILES string of the molecule is CCC(=O)N1CC(Oc2cc(C#N)ccn2)C1. The Balaban J connectivity index is 1.88. The fraction of sp³-hybridized carbons (Fsp3) is 0.417. The van der Waals surface area contributed by atoms with Crippen LogP contribution >= 0.6 is 0 Å². The summed E-state index contributed by atoms with van der Waals surface area (Å²) in [7, 11) is 0. The zero-order valence-corrected chi connectivity index (χ0v) is 9.59. The van der Waals surface area contributed by atoms with E-state index in [0.717, 1.165) is 0 Å². The first kappa shape index (κ1) is 11.4. The zero-order valence-electron chi connectivity index (χ0n) is 9.59. The molecule has 1 aliphatic rings. The summed E-state index contributed by atoms with van der Waals surface area (Å²) in [6, 6.07) is 5.26. The van der Waals surface area contributed by atoms with Crippen LogP contribution < -0.4 is 4.74 Å². The van der Waals surface area contributed by atoms with E-state index in [4.69, 9.17) is 10.00 Å². The average molecular weight is 231 g/mol. The molecule has 1 amide bonds. The van der Waals surface area contributed by atoms with Gasteiger partial charge in [0.2, 0.25) is 11.8 Å². The lowest BCUT2D eigenvalue weighted by Crippen LogP contribution is -2.56. The quantitative estimate of drug-likeness (QED) is 0.776. The number of hydrogen-bond acceptors (Lipinski definition) is 4. The molecule has 0 saturated carbocycles. The number of nitrogens with zero attached hydrogens (tertiary/aromatic N) is 3. The molecule has 0 spiro atoms. The molecule has 1 aromatic rings. The zero-order chi connectivity index (χ0) is 12.3. The smallest absolute Gasteiger partial charge is 0.222 e. The number of ether oxygens (including phenoxy) is 1. The molecule has 1 aromatic heterocycles. The van der Waals surface area contributed by atoms with E-state index in [1.54, 1.807) is 23.2 Å². The van der Waals surface area contributed by atoms with Gasteiger partial charge < -0.3 is 9.64 Å². The Morgan fingerprint density at radius 2 is 2.47 bits per heavy atom. The number of rotatable bonds is 3. The van der Waals surface area contributed by atoms with E-state index in [1.165, 1.54) is 0 Å². The summed E-state index contributed by atoms with van der Waals surface area (Å²) < 4.78 is 5.56. The molecule has 1 aliphatic heterocycles. The van der Waals surface area contributed by atoms with Crippen molar-refractivity contribution >= 4 is 5.91 Å². The Morgan fingerprint density at radius 1 is 1.71 bits per heavy atom. The third-order valence-electron chi connectivity index (χ3n) is 2.65. The highest BCUT2D eigenvalue weighted by molar-refractivity contribution is 5.76. The van der Waals surface area contributed by atoms with E-state index in [1.807, 2.05) is 13.0 Å². The summed E-state index contributed by atoms with van der Waals surface area (Å²) in [5, 5.41) is 8.73. The first-order chi connectivity index (χ1) is 8.22. The maximum atomic E-state index is 11.3. The Kier molecular flexibility index (Phi) is 3.24. The van der Waals surface area contributed by atoms with Crippen molar-refractivity contribution in [3.05, 3.63) is 23.9 Å². The summed E-state index contributed by atoms with van der Waals surface area (Å²) in [4.78, 5) is 17.1. The number of nitriles is 1. The molecule has 0 bridgehead atoms. The van der Waals surface area contributed by atoms with Gasteiger partial charge in [-0.05, 0) is 6.07 Å². The molecular weight excluding hydrogens is 218 g/mol. The van der Waals surface area contributed by atoms with Gasteiger partial charge in [-0.25, -0.2) is 4.98 Å². The number of amides is 1. The number of pyridine rings is 1. The second-order valence-corrected chi connectivity index (χ2v) is 3.89. The summed E-state index contributed by atoms with van der Waals surface area (Å²) in [5.41, 5.74) is 0.524. The highest BCUT2D eigenvalue weighted by Gasteiger charge is 2.31. The number of carbonyl (C=O) groups excluding carboxylic acids is 1. The first-order valence-corrected chi connectivity index (χ1v) is 5.53. The van der Waals surface area contributed by atoms with Crippen LogP contribution in [0.2, 0.25) is 0 Å². The highest BCUT2D eigenvalue weighted by Crippen LogP contribution is 2.17. The van der Waals surface area contributed by atoms with Gasteiger partial charge in [-0.2, -0.15) is 5.26 Å². The molecule has 2 rings (SSSR count). The fourth-order valence-electron chi connectivity index (χ4n) is 1.65. The normalized spacial score (nSPS) is 14.9. The summed E-state index contributed by atoms with van der Waals surface area (Å²) >= 11 is 0. The molecule has 88 valence electrons. The molecule has 0 aliphatic carbocycles. The van der Waals surface area contributed by atoms with E-state index in [2.05, 4.69) is 4.98 Å². The molecule has 1 saturated heterocycles. The second kappa shape index (κ2) is 4.83. The lowest BCUT2D eigenvalue weighted by Gasteiger charge is -2.38. The molecule has 0 radical (unpaired) electrons. The molecule has 17 heavy (non-hydrogen) atoms. The Bertz CT molecular complexity index is 461. The summed E-state index contributed by atoms with van der Waals surface area (Å²) in [6.07, 6.45) is 2.06. The molecule has 0 aromatic carbocycles. The minimum Gasteiger partial charge on any atom is -0.471 e. The minimum absolute atomic E-state index is 0.00746. The highest BCUT2D eigenvalue weighted by atomic mass is 16.5. The topological polar surface area (TPSA) is 66.2 Å². The molecular formula is C12H13N3O2. The molecule has 0 unspecified atom stereocenters. The molecule has 0 N–H and O–H groups in total. The second-order valence-electron chi connectivity index (χ2n) is 3.89. The predicted octanol–water partition coefficient (Wildman–Crippen LogP) is 0.953. The number of carbonyl (C=O) groups is 1. The van der Waals surface area contributed by atoms with Crippen LogP contribution in [0.15, 0.2) is 18.3 Å². The van der Waals surface area contributed by atoms with Crippen LogP contribution in [0.25, 0.3) is 0 Å². The number of aromatic nitrogens is 1. The Hall–Kier alpha value is -2.09. The molecule has 0 atom stereocenters. The molecule has 5 nitrogen and oxygen atoms in total. The van der Waals surface area contributed by atoms with Crippen molar-refractivity contribution in [1.82, 2.24) is 9.88 Å². The van der Waals surface area contributed by atoms with Gasteiger partial charge in [0.1, 0.15) is 6.10 Å². The van der Waals surface area contributed by atoms with Gasteiger partial charge in [-0.15, -0.1) is 0 Å². The first-order valence-electron chi connectivity index (χ1n) is 5.53. The van der Waals surface area contributed by atoms with Gasteiger partial charge in [-0.3, -0.25) is 4.79 Å². The van der Waals surface area contributed by atoms with E-state index in [-0.39, 0.29) is 12.0 Å². The van der Waals surface area contributed by atoms with Crippen LogP contribution in [-0.2, 0) is 4.79 Å². The maximum Gasteiger partial charge on any atom is 0.222 e. The summed E-state index contributed by atoms with van der Waals surface area (Å²) in [5.74, 6) is 0.584. The third-order valence-corrected chi connectivity index (χ3v) is 2.65. The van der Waals surface area contributed by atoms with Crippen molar-refractivity contribution in [3.8, 4) is 11.9 Å². The Labute approximate surface area is 99.6 Å². The maximum absolute atomic E-state index is 11.3. The lowest BCUT2D eigenvalue weighted by molar-refractivity contribution is -0.139. The van der Waals surface area contributed by atoms with Gasteiger partial charge in [0, 0.05) is 18.7 Å². The Morgan fingerprint density at radius 3 is 3.12 bits per heavy atom. The molecule has 2 heterocycles.